The first-order chi connectivity index (χ1) is 15.9. The molecule has 0 radical (unpaired) electrons. The fourth-order valence-corrected chi connectivity index (χ4v) is 6.35. The van der Waals surface area contributed by atoms with Crippen molar-refractivity contribution in [1.29, 1.82) is 0 Å². The summed E-state index contributed by atoms with van der Waals surface area (Å²) in [5.74, 6) is 1.48. The number of benzene rings is 1. The second-order valence-electron chi connectivity index (χ2n) is 7.61. The highest BCUT2D eigenvalue weighted by molar-refractivity contribution is 7.98. The molecule has 5 aromatic rings. The molecule has 0 unspecified atom stereocenters. The number of nitrogens with zero attached hydrogens (tertiary/aromatic N) is 3. The molecule has 0 saturated carbocycles. The largest absolute Gasteiger partial charge is 0.495 e. The Hall–Kier alpha value is -2.95. The average molecular weight is 497 g/mol. The molecular weight excluding hydrogens is 476 g/mol. The number of hydrogen-bond donors (Lipinski definition) is 1. The summed E-state index contributed by atoms with van der Waals surface area (Å²) in [5, 5.41) is 2.99. The van der Waals surface area contributed by atoms with Crippen molar-refractivity contribution in [1.82, 2.24) is 19.5 Å². The van der Waals surface area contributed by atoms with Crippen molar-refractivity contribution in [2.45, 2.75) is 31.7 Å². The monoisotopic (exact) mass is 496 g/mol. The van der Waals surface area contributed by atoms with E-state index in [1.54, 1.807) is 11.7 Å². The van der Waals surface area contributed by atoms with Crippen molar-refractivity contribution in [3.63, 3.8) is 0 Å². The van der Waals surface area contributed by atoms with Gasteiger partial charge in [0.05, 0.1) is 29.5 Å². The molecule has 1 aromatic carbocycles. The van der Waals surface area contributed by atoms with Gasteiger partial charge in [0.1, 0.15) is 21.1 Å². The number of aromatic amines is 1. The first kappa shape index (κ1) is 21.9. The summed E-state index contributed by atoms with van der Waals surface area (Å²) < 4.78 is 7.79. The molecule has 0 saturated heterocycles. The van der Waals surface area contributed by atoms with Gasteiger partial charge in [0, 0.05) is 4.88 Å². The van der Waals surface area contributed by atoms with Crippen LogP contribution < -0.4 is 15.9 Å². The van der Waals surface area contributed by atoms with E-state index in [-0.39, 0.29) is 11.1 Å². The maximum absolute atomic E-state index is 13.8. The number of aryl methyl sites for hydroxylation is 3. The minimum atomic E-state index is -0.156. The maximum Gasteiger partial charge on any atom is 0.268 e. The molecular formula is C23H20N4O3S3. The van der Waals surface area contributed by atoms with Gasteiger partial charge in [-0.3, -0.25) is 14.2 Å². The summed E-state index contributed by atoms with van der Waals surface area (Å²) in [4.78, 5) is 40.2. The van der Waals surface area contributed by atoms with Gasteiger partial charge in [-0.15, -0.1) is 22.7 Å². The van der Waals surface area contributed by atoms with E-state index >= 15 is 0 Å². The molecule has 33 heavy (non-hydrogen) atoms. The van der Waals surface area contributed by atoms with Crippen LogP contribution in [0.1, 0.15) is 21.8 Å². The third-order valence-corrected chi connectivity index (χ3v) is 8.40. The predicted octanol–water partition coefficient (Wildman–Crippen LogP) is 4.97. The minimum Gasteiger partial charge on any atom is -0.495 e. The summed E-state index contributed by atoms with van der Waals surface area (Å²) in [6, 6.07) is 7.55. The molecule has 0 aliphatic carbocycles. The molecule has 1 N–H and O–H groups in total. The molecule has 168 valence electrons. The standard InChI is InChI=1S/C23H20N4O3S3/c1-11-5-6-16(30-4)15(9-11)27-22(29)18-12(2)13(3)33-21(18)26-23(27)32-10-17-24-14-7-8-31-19(14)20(28)25-17/h5-9H,10H2,1-4H3,(H,24,25,28). The molecule has 5 rings (SSSR count). The number of hydrogen-bond acceptors (Lipinski definition) is 8. The van der Waals surface area contributed by atoms with Crippen LogP contribution in [-0.2, 0) is 5.75 Å². The van der Waals surface area contributed by atoms with Gasteiger partial charge in [0.25, 0.3) is 11.1 Å². The molecule has 7 nitrogen and oxygen atoms in total. The maximum atomic E-state index is 13.8. The van der Waals surface area contributed by atoms with Gasteiger partial charge in [-0.2, -0.15) is 0 Å². The van der Waals surface area contributed by atoms with Crippen LogP contribution in [0.25, 0.3) is 26.1 Å². The first-order valence-corrected chi connectivity index (χ1v) is 12.8. The van der Waals surface area contributed by atoms with Gasteiger partial charge in [0.2, 0.25) is 0 Å². The van der Waals surface area contributed by atoms with Crippen LogP contribution in [0.3, 0.4) is 0 Å². The lowest BCUT2D eigenvalue weighted by Gasteiger charge is -2.16. The zero-order chi connectivity index (χ0) is 23.3. The molecule has 0 aliphatic heterocycles. The number of thiophene rings is 2. The number of aromatic nitrogens is 4. The number of nitrogens with one attached hydrogen (secondary N) is 1. The molecule has 4 heterocycles. The van der Waals surface area contributed by atoms with Crippen LogP contribution in [0.4, 0.5) is 0 Å². The van der Waals surface area contributed by atoms with Crippen LogP contribution >= 0.6 is 34.4 Å². The lowest BCUT2D eigenvalue weighted by atomic mass is 10.2. The lowest BCUT2D eigenvalue weighted by molar-refractivity contribution is 0.411. The Morgan fingerprint density at radius 2 is 1.97 bits per heavy atom. The topological polar surface area (TPSA) is 89.9 Å². The molecule has 0 bridgehead atoms. The normalized spacial score (nSPS) is 11.5. The molecule has 0 fully saturated rings. The highest BCUT2D eigenvalue weighted by Gasteiger charge is 2.20. The second-order valence-corrected chi connectivity index (χ2v) is 10.7. The quantitative estimate of drug-likeness (QED) is 0.273. The minimum absolute atomic E-state index is 0.136. The molecule has 10 heteroatoms. The van der Waals surface area contributed by atoms with Gasteiger partial charge in [-0.1, -0.05) is 17.8 Å². The number of fused-ring (bicyclic) bond motifs is 2. The van der Waals surface area contributed by atoms with Gasteiger partial charge in [-0.05, 0) is 55.5 Å². The fraction of sp³-hybridized carbons (Fsp3) is 0.217. The van der Waals surface area contributed by atoms with Crippen molar-refractivity contribution < 1.29 is 4.74 Å². The number of methoxy groups -OCH3 is 1. The van der Waals surface area contributed by atoms with Gasteiger partial charge >= 0.3 is 0 Å². The van der Waals surface area contributed by atoms with Crippen molar-refractivity contribution in [3.8, 4) is 11.4 Å². The van der Waals surface area contributed by atoms with Gasteiger partial charge in [0.15, 0.2) is 5.16 Å². The lowest BCUT2D eigenvalue weighted by Crippen LogP contribution is -2.22. The van der Waals surface area contributed by atoms with E-state index in [1.807, 2.05) is 50.4 Å². The Kier molecular flexibility index (Phi) is 5.59. The SMILES string of the molecule is COc1ccc(C)cc1-n1c(SCc2nc3ccsc3c(=O)[nH]2)nc2sc(C)c(C)c2c1=O. The molecule has 0 atom stereocenters. The van der Waals surface area contributed by atoms with Crippen LogP contribution in [0, 0.1) is 20.8 Å². The fourth-order valence-electron chi connectivity index (χ4n) is 3.68. The van der Waals surface area contributed by atoms with Crippen LogP contribution in [0.2, 0.25) is 0 Å². The Morgan fingerprint density at radius 3 is 2.76 bits per heavy atom. The summed E-state index contributed by atoms with van der Waals surface area (Å²) in [6.07, 6.45) is 0. The number of thioether (sulfide) groups is 1. The Bertz CT molecular complexity index is 1650. The third-order valence-electron chi connectivity index (χ3n) is 5.45. The van der Waals surface area contributed by atoms with E-state index in [0.29, 0.717) is 48.6 Å². The van der Waals surface area contributed by atoms with E-state index in [2.05, 4.69) is 9.97 Å². The van der Waals surface area contributed by atoms with E-state index in [4.69, 9.17) is 9.72 Å². The Morgan fingerprint density at radius 1 is 1.15 bits per heavy atom. The van der Waals surface area contributed by atoms with E-state index in [1.165, 1.54) is 34.4 Å². The summed E-state index contributed by atoms with van der Waals surface area (Å²) >= 11 is 4.23. The number of rotatable bonds is 5. The molecule has 4 aromatic heterocycles. The Labute approximate surface area is 201 Å². The van der Waals surface area contributed by atoms with Crippen molar-refractivity contribution in [3.05, 3.63) is 72.2 Å². The smallest absolute Gasteiger partial charge is 0.268 e. The molecule has 0 amide bonds. The summed E-state index contributed by atoms with van der Waals surface area (Å²) in [6.45, 7) is 5.92. The van der Waals surface area contributed by atoms with Gasteiger partial charge < -0.3 is 9.72 Å². The average Bonchev–Trinajstić information content (AvgIpc) is 3.37. The van der Waals surface area contributed by atoms with Crippen molar-refractivity contribution >= 4 is 54.9 Å². The van der Waals surface area contributed by atoms with E-state index < -0.39 is 0 Å². The zero-order valence-corrected chi connectivity index (χ0v) is 20.8. The molecule has 0 spiro atoms. The van der Waals surface area contributed by atoms with Crippen LogP contribution in [0.15, 0.2) is 44.4 Å². The Balaban J connectivity index is 1.69. The van der Waals surface area contributed by atoms with E-state index in [9.17, 15) is 9.59 Å². The van der Waals surface area contributed by atoms with Crippen molar-refractivity contribution in [2.24, 2.45) is 0 Å². The van der Waals surface area contributed by atoms with Crippen LogP contribution in [-0.4, -0.2) is 26.6 Å². The van der Waals surface area contributed by atoms with Crippen molar-refractivity contribution in [2.75, 3.05) is 7.11 Å². The third kappa shape index (κ3) is 3.77. The predicted molar refractivity (Wildman–Crippen MR) is 136 cm³/mol. The zero-order valence-electron chi connectivity index (χ0n) is 18.4. The second kappa shape index (κ2) is 8.44. The van der Waals surface area contributed by atoms with E-state index in [0.717, 1.165) is 16.0 Å². The highest BCUT2D eigenvalue weighted by Crippen LogP contribution is 2.33. The molecule has 0 aliphatic rings. The summed E-state index contributed by atoms with van der Waals surface area (Å²) in [5.41, 5.74) is 2.96. The van der Waals surface area contributed by atoms with Crippen LogP contribution in [0.5, 0.6) is 5.75 Å². The number of H-pyrrole nitrogens is 1. The summed E-state index contributed by atoms with van der Waals surface area (Å²) in [7, 11) is 1.59. The first-order valence-electron chi connectivity index (χ1n) is 10.1. The number of ether oxygens (including phenoxy) is 1. The highest BCUT2D eigenvalue weighted by atomic mass is 32.2. The van der Waals surface area contributed by atoms with Gasteiger partial charge in [-0.25, -0.2) is 9.97 Å².